The van der Waals surface area contributed by atoms with E-state index in [0.717, 1.165) is 18.4 Å². The van der Waals surface area contributed by atoms with E-state index in [4.69, 9.17) is 0 Å². The van der Waals surface area contributed by atoms with Crippen molar-refractivity contribution in [1.82, 2.24) is 5.32 Å². The van der Waals surface area contributed by atoms with Crippen molar-refractivity contribution in [2.24, 2.45) is 17.8 Å². The summed E-state index contributed by atoms with van der Waals surface area (Å²) < 4.78 is 0. The molecule has 1 aliphatic carbocycles. The molecule has 1 aliphatic rings. The van der Waals surface area contributed by atoms with E-state index in [1.165, 1.54) is 62.6 Å². The Morgan fingerprint density at radius 3 is 2.16 bits per heavy atom. The van der Waals surface area contributed by atoms with Crippen molar-refractivity contribution in [3.8, 4) is 0 Å². The van der Waals surface area contributed by atoms with Crippen LogP contribution >= 0.6 is 0 Å². The van der Waals surface area contributed by atoms with Gasteiger partial charge in [-0.05, 0) is 66.6 Å². The molecular formula is C24H41N. The van der Waals surface area contributed by atoms with Gasteiger partial charge in [-0.3, -0.25) is 0 Å². The lowest BCUT2D eigenvalue weighted by atomic mass is 9.80. The molecule has 0 heterocycles. The summed E-state index contributed by atoms with van der Waals surface area (Å²) >= 11 is 0. The average Bonchev–Trinajstić information content (AvgIpc) is 2.56. The van der Waals surface area contributed by atoms with Gasteiger partial charge >= 0.3 is 0 Å². The maximum absolute atomic E-state index is 3.76. The third-order valence-corrected chi connectivity index (χ3v) is 5.99. The molecule has 1 saturated carbocycles. The summed E-state index contributed by atoms with van der Waals surface area (Å²) in [5.41, 5.74) is 3.16. The molecule has 0 aliphatic heterocycles. The first-order valence-electron chi connectivity index (χ1n) is 10.7. The van der Waals surface area contributed by atoms with Gasteiger partial charge in [0.15, 0.2) is 0 Å². The SMILES string of the molecule is CCCC1CCC(CNCC(C)Cc2ccc(C(C)(C)C)cc2)CC1. The van der Waals surface area contributed by atoms with Crippen LogP contribution in [0.4, 0.5) is 0 Å². The molecule has 0 aromatic heterocycles. The predicted octanol–water partition coefficient (Wildman–Crippen LogP) is 6.36. The van der Waals surface area contributed by atoms with Gasteiger partial charge in [0, 0.05) is 0 Å². The first kappa shape index (κ1) is 20.5. The molecule has 1 unspecified atom stereocenters. The second kappa shape index (κ2) is 9.76. The normalized spacial score (nSPS) is 22.8. The first-order valence-corrected chi connectivity index (χ1v) is 10.7. The number of nitrogens with one attached hydrogen (secondary N) is 1. The van der Waals surface area contributed by atoms with Crippen LogP contribution in [0.5, 0.6) is 0 Å². The molecule has 0 radical (unpaired) electrons. The quantitative estimate of drug-likeness (QED) is 0.579. The average molecular weight is 344 g/mol. The van der Waals surface area contributed by atoms with Crippen LogP contribution in [0.1, 0.15) is 84.3 Å². The fraction of sp³-hybridized carbons (Fsp3) is 0.750. The monoisotopic (exact) mass is 343 g/mol. The molecule has 1 aromatic rings. The highest BCUT2D eigenvalue weighted by Crippen LogP contribution is 2.31. The van der Waals surface area contributed by atoms with Crippen LogP contribution in [0.3, 0.4) is 0 Å². The molecule has 1 fully saturated rings. The van der Waals surface area contributed by atoms with Crippen molar-refractivity contribution < 1.29 is 0 Å². The Hall–Kier alpha value is -0.820. The van der Waals surface area contributed by atoms with Crippen molar-refractivity contribution in [3.05, 3.63) is 35.4 Å². The number of hydrogen-bond acceptors (Lipinski definition) is 1. The second-order valence-electron chi connectivity index (χ2n) is 9.59. The molecular weight excluding hydrogens is 302 g/mol. The summed E-state index contributed by atoms with van der Waals surface area (Å²) in [5, 5.41) is 3.76. The van der Waals surface area contributed by atoms with Crippen LogP contribution < -0.4 is 5.32 Å². The molecule has 1 atom stereocenters. The van der Waals surface area contributed by atoms with E-state index in [1.54, 1.807) is 0 Å². The lowest BCUT2D eigenvalue weighted by Crippen LogP contribution is -2.30. The lowest BCUT2D eigenvalue weighted by Gasteiger charge is -2.28. The summed E-state index contributed by atoms with van der Waals surface area (Å²) in [6.45, 7) is 13.9. The maximum Gasteiger partial charge on any atom is -0.00199 e. The van der Waals surface area contributed by atoms with Crippen molar-refractivity contribution in [1.29, 1.82) is 0 Å². The molecule has 1 aromatic carbocycles. The first-order chi connectivity index (χ1) is 11.9. The third kappa shape index (κ3) is 7.13. The van der Waals surface area contributed by atoms with E-state index in [2.05, 4.69) is 64.2 Å². The Bertz CT molecular complexity index is 474. The Labute approximate surface area is 157 Å². The summed E-state index contributed by atoms with van der Waals surface area (Å²) in [6, 6.07) is 9.27. The highest BCUT2D eigenvalue weighted by atomic mass is 14.9. The van der Waals surface area contributed by atoms with E-state index in [0.29, 0.717) is 5.92 Å². The fourth-order valence-electron chi connectivity index (χ4n) is 4.28. The van der Waals surface area contributed by atoms with Gasteiger partial charge in [0.25, 0.3) is 0 Å². The second-order valence-corrected chi connectivity index (χ2v) is 9.59. The van der Waals surface area contributed by atoms with E-state index in [1.807, 2.05) is 0 Å². The standard InChI is InChI=1S/C24H41N/c1-6-7-20-8-10-22(11-9-20)18-25-17-19(2)16-21-12-14-23(15-13-21)24(3,4)5/h12-15,19-20,22,25H,6-11,16-18H2,1-5H3. The Morgan fingerprint density at radius 1 is 1.00 bits per heavy atom. The molecule has 0 saturated heterocycles. The summed E-state index contributed by atoms with van der Waals surface area (Å²) in [5.74, 6) is 2.65. The molecule has 0 bridgehead atoms. The number of hydrogen-bond donors (Lipinski definition) is 1. The maximum atomic E-state index is 3.76. The van der Waals surface area contributed by atoms with Gasteiger partial charge in [-0.15, -0.1) is 0 Å². The lowest BCUT2D eigenvalue weighted by molar-refractivity contribution is 0.254. The van der Waals surface area contributed by atoms with Gasteiger partial charge in [0.2, 0.25) is 0 Å². The zero-order valence-corrected chi connectivity index (χ0v) is 17.4. The van der Waals surface area contributed by atoms with E-state index in [9.17, 15) is 0 Å². The molecule has 1 N–H and O–H groups in total. The minimum atomic E-state index is 0.252. The van der Waals surface area contributed by atoms with Gasteiger partial charge in [-0.25, -0.2) is 0 Å². The zero-order chi connectivity index (χ0) is 18.3. The molecule has 0 amide bonds. The summed E-state index contributed by atoms with van der Waals surface area (Å²) in [6.07, 6.45) is 9.82. The highest BCUT2D eigenvalue weighted by Gasteiger charge is 2.20. The number of rotatable bonds is 8. The smallest absolute Gasteiger partial charge is 0.00199 e. The fourth-order valence-corrected chi connectivity index (χ4v) is 4.28. The zero-order valence-electron chi connectivity index (χ0n) is 17.4. The molecule has 142 valence electrons. The topological polar surface area (TPSA) is 12.0 Å². The summed E-state index contributed by atoms with van der Waals surface area (Å²) in [7, 11) is 0. The highest BCUT2D eigenvalue weighted by molar-refractivity contribution is 5.27. The third-order valence-electron chi connectivity index (χ3n) is 5.99. The molecule has 1 nitrogen and oxygen atoms in total. The van der Waals surface area contributed by atoms with E-state index >= 15 is 0 Å². The van der Waals surface area contributed by atoms with Crippen LogP contribution in [0.15, 0.2) is 24.3 Å². The molecule has 25 heavy (non-hydrogen) atoms. The van der Waals surface area contributed by atoms with Gasteiger partial charge < -0.3 is 5.32 Å². The Kier molecular flexibility index (Phi) is 8.00. The van der Waals surface area contributed by atoms with Crippen molar-refractivity contribution in [2.75, 3.05) is 13.1 Å². The van der Waals surface area contributed by atoms with Crippen LogP contribution in [0.2, 0.25) is 0 Å². The van der Waals surface area contributed by atoms with Crippen LogP contribution in [0.25, 0.3) is 0 Å². The van der Waals surface area contributed by atoms with Crippen molar-refractivity contribution in [2.45, 2.75) is 85.0 Å². The minimum Gasteiger partial charge on any atom is -0.316 e. The van der Waals surface area contributed by atoms with Gasteiger partial charge in [-0.1, -0.05) is 84.6 Å². The Morgan fingerprint density at radius 2 is 1.60 bits per heavy atom. The molecule has 2 rings (SSSR count). The largest absolute Gasteiger partial charge is 0.316 e. The van der Waals surface area contributed by atoms with Gasteiger partial charge in [0.05, 0.1) is 0 Å². The van der Waals surface area contributed by atoms with E-state index in [-0.39, 0.29) is 5.41 Å². The van der Waals surface area contributed by atoms with Gasteiger partial charge in [-0.2, -0.15) is 0 Å². The number of benzene rings is 1. The van der Waals surface area contributed by atoms with Crippen molar-refractivity contribution >= 4 is 0 Å². The molecule has 0 spiro atoms. The van der Waals surface area contributed by atoms with Crippen molar-refractivity contribution in [3.63, 3.8) is 0 Å². The van der Waals surface area contributed by atoms with Crippen LogP contribution in [0, 0.1) is 17.8 Å². The van der Waals surface area contributed by atoms with Gasteiger partial charge in [0.1, 0.15) is 0 Å². The Balaban J connectivity index is 1.65. The minimum absolute atomic E-state index is 0.252. The predicted molar refractivity (Wildman–Crippen MR) is 111 cm³/mol. The van der Waals surface area contributed by atoms with Crippen LogP contribution in [-0.2, 0) is 11.8 Å². The van der Waals surface area contributed by atoms with E-state index < -0.39 is 0 Å². The molecule has 1 heteroatoms. The van der Waals surface area contributed by atoms with Crippen LogP contribution in [-0.4, -0.2) is 13.1 Å². The summed E-state index contributed by atoms with van der Waals surface area (Å²) in [4.78, 5) is 0.